The van der Waals surface area contributed by atoms with Crippen molar-refractivity contribution in [3.05, 3.63) is 64.3 Å². The molecule has 2 heterocycles. The van der Waals surface area contributed by atoms with Crippen molar-refractivity contribution in [2.24, 2.45) is 0 Å². The van der Waals surface area contributed by atoms with Gasteiger partial charge in [-0.1, -0.05) is 37.3 Å². The minimum Gasteiger partial charge on any atom is -0.367 e. The largest absolute Gasteiger partial charge is 0.367 e. The molecule has 0 aliphatic carbocycles. The third-order valence-corrected chi connectivity index (χ3v) is 4.60. The predicted molar refractivity (Wildman–Crippen MR) is 94.0 cm³/mol. The van der Waals surface area contributed by atoms with E-state index in [0.29, 0.717) is 6.04 Å². The Morgan fingerprint density at radius 3 is 2.71 bits per heavy atom. The average Bonchev–Trinajstić information content (AvgIpc) is 3.10. The highest BCUT2D eigenvalue weighted by Crippen LogP contribution is 2.24. The third kappa shape index (κ3) is 3.71. The first-order valence-electron chi connectivity index (χ1n) is 8.30. The smallest absolute Gasteiger partial charge is 0.363 e. The molecule has 0 spiro atoms. The van der Waals surface area contributed by atoms with E-state index >= 15 is 0 Å². The van der Waals surface area contributed by atoms with Crippen molar-refractivity contribution in [2.45, 2.75) is 25.9 Å². The molecule has 1 aromatic carbocycles. The molecule has 3 rings (SSSR count). The third-order valence-electron chi connectivity index (χ3n) is 4.60. The molecular formula is C18H22N4O2. The fourth-order valence-corrected chi connectivity index (χ4v) is 3.26. The fourth-order valence-electron chi connectivity index (χ4n) is 3.26. The minimum absolute atomic E-state index is 0.103. The molecule has 1 saturated heterocycles. The maximum absolute atomic E-state index is 10.7. The first-order valence-corrected chi connectivity index (χ1v) is 8.30. The number of likely N-dealkylation sites (N-methyl/N-ethyl adjacent to an activating group) is 1. The molecule has 24 heavy (non-hydrogen) atoms. The fraction of sp³-hybridized carbons (Fsp3) is 0.389. The topological polar surface area (TPSA) is 62.5 Å². The van der Waals surface area contributed by atoms with Crippen LogP contribution in [0.3, 0.4) is 0 Å². The molecule has 0 N–H and O–H groups in total. The Hall–Kier alpha value is -2.47. The molecule has 1 atom stereocenters. The lowest BCUT2D eigenvalue weighted by molar-refractivity contribution is -0.389. The van der Waals surface area contributed by atoms with Gasteiger partial charge in [-0.2, -0.15) is 0 Å². The number of rotatable bonds is 6. The van der Waals surface area contributed by atoms with Crippen LogP contribution in [0, 0.1) is 10.1 Å². The van der Waals surface area contributed by atoms with E-state index in [1.54, 1.807) is 12.3 Å². The molecule has 1 aliphatic heterocycles. The predicted octanol–water partition coefficient (Wildman–Crippen LogP) is 3.09. The number of nitro groups is 1. The number of nitrogens with zero attached hydrogens (tertiary/aromatic N) is 4. The lowest BCUT2D eigenvalue weighted by atomic mass is 10.1. The highest BCUT2D eigenvalue weighted by Gasteiger charge is 2.28. The van der Waals surface area contributed by atoms with Crippen LogP contribution in [0.4, 0.5) is 11.5 Å². The Bertz CT molecular complexity index is 675. The molecule has 1 aromatic heterocycles. The molecule has 0 radical (unpaired) electrons. The summed E-state index contributed by atoms with van der Waals surface area (Å²) in [5.74, 6) is -0.103. The van der Waals surface area contributed by atoms with Gasteiger partial charge in [0.15, 0.2) is 6.20 Å². The van der Waals surface area contributed by atoms with Crippen LogP contribution in [-0.2, 0) is 6.54 Å². The highest BCUT2D eigenvalue weighted by atomic mass is 16.6. The van der Waals surface area contributed by atoms with E-state index in [-0.39, 0.29) is 5.82 Å². The first-order chi connectivity index (χ1) is 11.7. The van der Waals surface area contributed by atoms with Crippen LogP contribution in [-0.4, -0.2) is 40.5 Å². The van der Waals surface area contributed by atoms with Crippen molar-refractivity contribution in [3.63, 3.8) is 0 Å². The number of hydrogen-bond donors (Lipinski definition) is 0. The van der Waals surface area contributed by atoms with Crippen molar-refractivity contribution in [1.29, 1.82) is 0 Å². The normalized spacial score (nSPS) is 17.4. The van der Waals surface area contributed by atoms with Crippen LogP contribution in [0.2, 0.25) is 0 Å². The van der Waals surface area contributed by atoms with E-state index in [4.69, 9.17) is 0 Å². The van der Waals surface area contributed by atoms with Gasteiger partial charge < -0.3 is 15.0 Å². The molecule has 6 nitrogen and oxygen atoms in total. The summed E-state index contributed by atoms with van der Waals surface area (Å²) >= 11 is 0. The number of hydrogen-bond acceptors (Lipinski definition) is 5. The molecule has 1 fully saturated rings. The van der Waals surface area contributed by atoms with E-state index in [0.717, 1.165) is 38.3 Å². The molecule has 0 saturated carbocycles. The summed E-state index contributed by atoms with van der Waals surface area (Å²) in [5.41, 5.74) is 2.29. The molecular weight excluding hydrogens is 304 g/mol. The van der Waals surface area contributed by atoms with Crippen molar-refractivity contribution < 1.29 is 4.92 Å². The van der Waals surface area contributed by atoms with Gasteiger partial charge in [0.1, 0.15) is 0 Å². The molecule has 1 aliphatic rings. The summed E-state index contributed by atoms with van der Waals surface area (Å²) < 4.78 is 0. The summed E-state index contributed by atoms with van der Waals surface area (Å²) in [7, 11) is 0. The standard InChI is InChI=1S/C18H22N4O2/c1-2-20(13-15-6-4-3-5-7-15)17-10-11-21(14-17)16-8-9-18(19-12-16)22(23)24/h3-9,12,17H,2,10-11,13-14H2,1H3. The van der Waals surface area contributed by atoms with Crippen molar-refractivity contribution in [2.75, 3.05) is 24.5 Å². The Kier molecular flexibility index (Phi) is 5.05. The Balaban J connectivity index is 1.64. The monoisotopic (exact) mass is 326 g/mol. The second kappa shape index (κ2) is 7.40. The van der Waals surface area contributed by atoms with Gasteiger partial charge in [0, 0.05) is 31.7 Å². The van der Waals surface area contributed by atoms with Gasteiger partial charge >= 0.3 is 5.82 Å². The van der Waals surface area contributed by atoms with E-state index < -0.39 is 4.92 Å². The molecule has 126 valence electrons. The highest BCUT2D eigenvalue weighted by molar-refractivity contribution is 5.47. The first kappa shape index (κ1) is 16.4. The van der Waals surface area contributed by atoms with E-state index in [1.807, 2.05) is 6.07 Å². The van der Waals surface area contributed by atoms with E-state index in [9.17, 15) is 10.1 Å². The molecule has 2 aromatic rings. The van der Waals surface area contributed by atoms with Crippen LogP contribution < -0.4 is 4.90 Å². The van der Waals surface area contributed by atoms with Gasteiger partial charge in [-0.3, -0.25) is 4.90 Å². The van der Waals surface area contributed by atoms with Gasteiger partial charge in [0.25, 0.3) is 0 Å². The number of benzene rings is 1. The van der Waals surface area contributed by atoms with E-state index in [1.165, 1.54) is 11.6 Å². The van der Waals surface area contributed by atoms with Gasteiger partial charge in [0.2, 0.25) is 0 Å². The Morgan fingerprint density at radius 1 is 1.29 bits per heavy atom. The second-order valence-electron chi connectivity index (χ2n) is 6.07. The number of pyridine rings is 1. The lowest BCUT2D eigenvalue weighted by Gasteiger charge is -2.28. The summed E-state index contributed by atoms with van der Waals surface area (Å²) in [6.45, 7) is 6.04. The van der Waals surface area contributed by atoms with Crippen LogP contribution >= 0.6 is 0 Å². The molecule has 0 bridgehead atoms. The lowest BCUT2D eigenvalue weighted by Crippen LogP contribution is -2.37. The molecule has 6 heteroatoms. The zero-order valence-corrected chi connectivity index (χ0v) is 13.8. The molecule has 1 unspecified atom stereocenters. The quantitative estimate of drug-likeness (QED) is 0.603. The molecule has 0 amide bonds. The van der Waals surface area contributed by atoms with Crippen LogP contribution in [0.1, 0.15) is 18.9 Å². The summed E-state index contributed by atoms with van der Waals surface area (Å²) in [5, 5.41) is 10.7. The van der Waals surface area contributed by atoms with Gasteiger partial charge in [-0.15, -0.1) is 0 Å². The Morgan fingerprint density at radius 2 is 2.08 bits per heavy atom. The zero-order valence-electron chi connectivity index (χ0n) is 13.8. The van der Waals surface area contributed by atoms with Gasteiger partial charge in [0.05, 0.1) is 5.69 Å². The number of aromatic nitrogens is 1. The zero-order chi connectivity index (χ0) is 16.9. The summed E-state index contributed by atoms with van der Waals surface area (Å²) in [4.78, 5) is 18.9. The van der Waals surface area contributed by atoms with Crippen LogP contribution in [0.15, 0.2) is 48.7 Å². The number of anilines is 1. The minimum atomic E-state index is -0.463. The Labute approximate surface area is 141 Å². The maximum atomic E-state index is 10.7. The van der Waals surface area contributed by atoms with Gasteiger partial charge in [-0.05, 0) is 34.5 Å². The summed E-state index contributed by atoms with van der Waals surface area (Å²) in [6.07, 6.45) is 2.70. The van der Waals surface area contributed by atoms with Crippen LogP contribution in [0.5, 0.6) is 0 Å². The van der Waals surface area contributed by atoms with Crippen molar-refractivity contribution in [1.82, 2.24) is 9.88 Å². The van der Waals surface area contributed by atoms with E-state index in [2.05, 4.69) is 46.0 Å². The maximum Gasteiger partial charge on any atom is 0.363 e. The average molecular weight is 326 g/mol. The van der Waals surface area contributed by atoms with Gasteiger partial charge in [-0.25, -0.2) is 0 Å². The second-order valence-corrected chi connectivity index (χ2v) is 6.07. The van der Waals surface area contributed by atoms with Crippen molar-refractivity contribution >= 4 is 11.5 Å². The SMILES string of the molecule is CCN(Cc1ccccc1)C1CCN(c2ccc([N+](=O)[O-])nc2)C1. The van der Waals surface area contributed by atoms with Crippen LogP contribution in [0.25, 0.3) is 0 Å². The van der Waals surface area contributed by atoms with Crippen molar-refractivity contribution in [3.8, 4) is 0 Å². The summed E-state index contributed by atoms with van der Waals surface area (Å²) in [6, 6.07) is 14.3.